The third-order valence-corrected chi connectivity index (χ3v) is 24.5. The maximum Gasteiger partial charge on any atom is 0.217 e. The number of nitrogens with one attached hydrogen (secondary N) is 4. The molecule has 0 aromatic rings. The summed E-state index contributed by atoms with van der Waals surface area (Å²) in [6.07, 6.45) is -109. The molecule has 0 saturated carbocycles. The van der Waals surface area contributed by atoms with Crippen molar-refractivity contribution in [3.63, 3.8) is 0 Å². The van der Waals surface area contributed by atoms with Crippen molar-refractivity contribution in [2.75, 3.05) is 59.5 Å². The summed E-state index contributed by atoms with van der Waals surface area (Å²) in [6, 6.07) is -8.11. The summed E-state index contributed by atoms with van der Waals surface area (Å²) in [5.41, 5.74) is 0. The lowest BCUT2D eigenvalue weighted by Crippen LogP contribution is -2.72. The van der Waals surface area contributed by atoms with E-state index in [0.29, 0.717) is 0 Å². The molecule has 11 saturated heterocycles. The van der Waals surface area contributed by atoms with Crippen LogP contribution in [0.15, 0.2) is 0 Å². The second-order valence-corrected chi connectivity index (χ2v) is 33.8. The van der Waals surface area contributed by atoms with E-state index in [9.17, 15) is 167 Å². The average Bonchev–Trinajstić information content (AvgIpc) is 0.753. The van der Waals surface area contributed by atoms with Gasteiger partial charge in [-0.25, -0.2) is 0 Å². The van der Waals surface area contributed by atoms with Crippen LogP contribution in [-0.4, -0.2) is 569 Å². The van der Waals surface area contributed by atoms with E-state index < -0.39 is 421 Å². The zero-order chi connectivity index (χ0) is 97.1. The van der Waals surface area contributed by atoms with Gasteiger partial charge >= 0.3 is 0 Å². The molecule has 11 rings (SSSR count). The summed E-state index contributed by atoms with van der Waals surface area (Å²) in [6.45, 7) is -4.22. The van der Waals surface area contributed by atoms with E-state index in [1.54, 1.807) is 0 Å². The molecule has 11 aliphatic rings. The molecule has 55 atom stereocenters. The number of hydrogen-bond donors (Lipinski definition) is 33. The molecule has 0 aromatic heterocycles. The number of carbonyl (C=O) groups is 4. The molecule has 0 bridgehead atoms. The van der Waals surface area contributed by atoms with Crippen LogP contribution in [0.25, 0.3) is 0 Å². The minimum absolute atomic E-state index is 0.873. The number of carbonyl (C=O) groups excluding carboxylic acids is 4. The Kier molecular flexibility index (Phi) is 38.5. The zero-order valence-electron chi connectivity index (χ0n) is 71.3. The fraction of sp³-hybridized carbons (Fsp3) is 0.946. The molecular weight excluding hydrogens is 1810 g/mol. The van der Waals surface area contributed by atoms with Crippen molar-refractivity contribution in [3.8, 4) is 0 Å². The summed E-state index contributed by atoms with van der Waals surface area (Å²) in [5.74, 6) is -4.00. The van der Waals surface area contributed by atoms with E-state index in [0.717, 1.165) is 27.7 Å². The Labute approximate surface area is 748 Å². The Morgan fingerprint density at radius 2 is 0.477 bits per heavy atom. The lowest BCUT2D eigenvalue weighted by atomic mass is 9.93. The van der Waals surface area contributed by atoms with Crippen molar-refractivity contribution >= 4 is 23.6 Å². The highest BCUT2D eigenvalue weighted by atomic mass is 16.8. The smallest absolute Gasteiger partial charge is 0.217 e. The first-order valence-electron chi connectivity index (χ1n) is 42.4. The van der Waals surface area contributed by atoms with Crippen LogP contribution in [0.1, 0.15) is 41.5 Å². The van der Waals surface area contributed by atoms with Crippen LogP contribution in [0, 0.1) is 0 Å². The fourth-order valence-corrected chi connectivity index (χ4v) is 17.1. The molecule has 58 nitrogen and oxygen atoms in total. The van der Waals surface area contributed by atoms with Gasteiger partial charge in [0.05, 0.1) is 71.7 Å². The van der Waals surface area contributed by atoms with Crippen molar-refractivity contribution in [2.45, 2.75) is 379 Å². The highest BCUT2D eigenvalue weighted by molar-refractivity contribution is 5.74. The van der Waals surface area contributed by atoms with Crippen LogP contribution in [0.4, 0.5) is 0 Å². The Balaban J connectivity index is 1.01. The second-order valence-electron chi connectivity index (χ2n) is 33.8. The number of rotatable bonds is 33. The molecule has 4 amide bonds. The van der Waals surface area contributed by atoms with Crippen LogP contribution < -0.4 is 21.3 Å². The molecule has 33 N–H and O–H groups in total. The van der Waals surface area contributed by atoms with Crippen LogP contribution in [0.2, 0.25) is 0 Å². The van der Waals surface area contributed by atoms with Crippen molar-refractivity contribution in [3.05, 3.63) is 0 Å². The van der Waals surface area contributed by atoms with Gasteiger partial charge < -0.3 is 269 Å². The highest BCUT2D eigenvalue weighted by Crippen LogP contribution is 2.42. The summed E-state index contributed by atoms with van der Waals surface area (Å²) in [5, 5.41) is 336. The Morgan fingerprint density at radius 3 is 0.962 bits per heavy atom. The monoisotopic (exact) mass is 1930 g/mol. The summed E-state index contributed by atoms with van der Waals surface area (Å²) < 4.78 is 128. The van der Waals surface area contributed by atoms with Crippen LogP contribution in [0.5, 0.6) is 0 Å². The fourth-order valence-electron chi connectivity index (χ4n) is 17.1. The Hall–Kier alpha value is -4.12. The predicted molar refractivity (Wildman–Crippen MR) is 406 cm³/mol. The third-order valence-electron chi connectivity index (χ3n) is 24.5. The standard InChI is InChI=1S/C74H124N4O54/c1-16-35(89)45(99)51(105)68(115-16)113-14-29-58(43(97)31(64(111)117-29)75-18(3)85)126-66-33(77-20(5)87)44(98)57(26(11-83)122-66)127-73-56(110)62(60(128-65-32(76-19(4)86)42(96)37(91)22(7-79)118-65)30(125-73)15-114-70-53(107)49(103)41(95)28(124-70)13-112-69-52(106)47(101)38(92)23(8-80)119-69)131-74-63(50(104)40(94)25(10-82)121-74)132-67-34(78-21(6)88)61(130-71-54(108)46(100)36(90)17(2)116-71)59(27(12-84)123-67)129-72-55(109)48(102)39(93)24(9-81)120-72/h16-17,22-74,79-84,89-111H,7-15H2,1-6H3,(H,75,85)(H,76,86)(H,77,87)(H,78,88)/t16-,17-,22+,23+,24+,25+,26+,27+,28+,29+,30+,31+,32+,33+,34+,35+,36+,37+,38+,39-,40+,41+,42+,43+,44+,45+,46+,47-,48-,49-,50-,51-,52-,53-,54-,55+,56-,57+,58+,59+,60+,61+,62+,63-,64+,65-,66-,67-,68+,69-,70-,71-,72-,73-,74+/m0/s1. The molecule has 0 radical (unpaired) electrons. The van der Waals surface area contributed by atoms with Gasteiger partial charge in [0.25, 0.3) is 0 Å². The van der Waals surface area contributed by atoms with E-state index in [1.807, 2.05) is 0 Å². The largest absolute Gasteiger partial charge is 0.394 e. The second kappa shape index (κ2) is 47.0. The number of ether oxygens (including phenoxy) is 21. The molecule has 11 fully saturated rings. The van der Waals surface area contributed by atoms with Crippen LogP contribution in [0.3, 0.4) is 0 Å². The van der Waals surface area contributed by atoms with E-state index in [1.165, 1.54) is 13.8 Å². The molecule has 0 unspecified atom stereocenters. The van der Waals surface area contributed by atoms with Crippen molar-refractivity contribution in [2.24, 2.45) is 0 Å². The lowest BCUT2D eigenvalue weighted by molar-refractivity contribution is -0.410. The van der Waals surface area contributed by atoms with Crippen molar-refractivity contribution < 1.29 is 267 Å². The number of aliphatic hydroxyl groups is 29. The Morgan fingerprint density at radius 1 is 0.212 bits per heavy atom. The first kappa shape index (κ1) is 108. The maximum atomic E-state index is 13.7. The normalized spacial score (nSPS) is 50.4. The van der Waals surface area contributed by atoms with Gasteiger partial charge in [-0.05, 0) is 13.8 Å². The van der Waals surface area contributed by atoms with Gasteiger partial charge in [-0.15, -0.1) is 0 Å². The minimum atomic E-state index is -2.81. The first-order valence-corrected chi connectivity index (χ1v) is 42.4. The SMILES string of the molecule is CC(=O)N[C@@H]1[C@@H](O)[C@H](O[C@@H]2O[C@H](CO)[C@@H](O[C@@H]3O[C@H](CO[C@H]4O[C@H](CO[C@H]5O[C@H](CO)[C@@H](O)[C@H](O)[C@@H]5O)[C@@H](O)[C@H](O)[C@@H]4O)[C@@H](O[C@@H]4O[C@H](CO)[C@@H](O)[C@H](O)[C@H]4NC(C)=O)[C@H](O[C@H]4O[C@H](CO)[C@@H](O)[C@H](O)[C@@H]4O[C@@H]4O[C@H](CO)[C@@H](O[C@@H]5O[C@H](CO)[C@H](O)[C@H](O)[C@H]5O)[C@H](O[C@@H]5O[C@@H](C)[C@@H](O)[C@@H](O)[C@@H]5O)[C@H]4NC(C)=O)[C@@H]3O)[C@H](O)[C@H]2NC(C)=O)[C@@H](CO[C@@H]2O[C@@H](C)[C@@H](O)[C@@H](O)[C@@H]2O)O[C@H]1O. The van der Waals surface area contributed by atoms with Gasteiger partial charge in [-0.3, -0.25) is 19.2 Å². The topological polar surface area (TPSA) is 897 Å². The summed E-state index contributed by atoms with van der Waals surface area (Å²) >= 11 is 0. The molecule has 0 aliphatic carbocycles. The van der Waals surface area contributed by atoms with E-state index in [-0.39, 0.29) is 0 Å². The number of amides is 4. The predicted octanol–water partition coefficient (Wildman–Crippen LogP) is -22.3. The number of hydrogen-bond acceptors (Lipinski definition) is 54. The molecule has 0 aromatic carbocycles. The molecule has 764 valence electrons. The molecule has 132 heavy (non-hydrogen) atoms. The Bertz CT molecular complexity index is 3610. The van der Waals surface area contributed by atoms with E-state index in [2.05, 4.69) is 21.3 Å². The quantitative estimate of drug-likeness (QED) is 0.0290. The van der Waals surface area contributed by atoms with Gasteiger partial charge in [-0.1, -0.05) is 0 Å². The zero-order valence-corrected chi connectivity index (χ0v) is 71.3. The maximum absolute atomic E-state index is 13.7. The lowest BCUT2D eigenvalue weighted by Gasteiger charge is -2.53. The van der Waals surface area contributed by atoms with Gasteiger partial charge in [0.1, 0.15) is 256 Å². The molecule has 0 spiro atoms. The van der Waals surface area contributed by atoms with Crippen LogP contribution >= 0.6 is 0 Å². The summed E-state index contributed by atoms with van der Waals surface area (Å²) in [4.78, 5) is 53.0. The minimum Gasteiger partial charge on any atom is -0.394 e. The average molecular weight is 1930 g/mol. The van der Waals surface area contributed by atoms with Gasteiger partial charge in [0.2, 0.25) is 23.6 Å². The van der Waals surface area contributed by atoms with Crippen LogP contribution in [-0.2, 0) is 119 Å². The van der Waals surface area contributed by atoms with Crippen molar-refractivity contribution in [1.29, 1.82) is 0 Å². The van der Waals surface area contributed by atoms with E-state index in [4.69, 9.17) is 99.5 Å². The van der Waals surface area contributed by atoms with Crippen molar-refractivity contribution in [1.82, 2.24) is 21.3 Å². The molecule has 58 heteroatoms. The van der Waals surface area contributed by atoms with Gasteiger partial charge in [-0.2, -0.15) is 0 Å². The molecule has 11 heterocycles. The van der Waals surface area contributed by atoms with Gasteiger partial charge in [0, 0.05) is 27.7 Å². The van der Waals surface area contributed by atoms with Gasteiger partial charge in [0.15, 0.2) is 69.2 Å². The molecular formula is C74H124N4O54. The first-order chi connectivity index (χ1) is 62.3. The molecule has 11 aliphatic heterocycles. The van der Waals surface area contributed by atoms with E-state index >= 15 is 0 Å². The third kappa shape index (κ3) is 23.9. The highest BCUT2D eigenvalue weighted by Gasteiger charge is 2.63. The summed E-state index contributed by atoms with van der Waals surface area (Å²) in [7, 11) is 0. The number of aliphatic hydroxyl groups excluding tert-OH is 29.